The van der Waals surface area contributed by atoms with Gasteiger partial charge in [-0.3, -0.25) is 0 Å². The predicted molar refractivity (Wildman–Crippen MR) is 150 cm³/mol. The van der Waals surface area contributed by atoms with Gasteiger partial charge >= 0.3 is 0 Å². The Kier molecular flexibility index (Phi) is 11.0. The van der Waals surface area contributed by atoms with Gasteiger partial charge in [-0.05, 0) is 42.5 Å². The van der Waals surface area contributed by atoms with Gasteiger partial charge in [-0.1, -0.05) is 66.2 Å². The lowest BCUT2D eigenvalue weighted by Crippen LogP contribution is -2.17. The Morgan fingerprint density at radius 1 is 1.00 bits per heavy atom. The Bertz CT molecular complexity index is 1090. The summed E-state index contributed by atoms with van der Waals surface area (Å²) in [5, 5.41) is 14.4. The molecule has 0 atom stereocenters. The van der Waals surface area contributed by atoms with E-state index in [1.54, 1.807) is 6.26 Å². The molecule has 4 N–H and O–H groups in total. The largest absolute Gasteiger partial charge is 0.507 e. The van der Waals surface area contributed by atoms with E-state index in [-0.39, 0.29) is 28.7 Å². The molecular weight excluding hydrogens is 476 g/mol. The minimum absolute atomic E-state index is 0. The van der Waals surface area contributed by atoms with E-state index in [0.29, 0.717) is 24.7 Å². The number of halogens is 1. The fraction of sp³-hybridized carbons (Fsp3) is 0.483. The van der Waals surface area contributed by atoms with E-state index < -0.39 is 0 Å². The molecule has 0 spiro atoms. The van der Waals surface area contributed by atoms with Crippen LogP contribution in [0.3, 0.4) is 0 Å². The Labute approximate surface area is 222 Å². The molecule has 36 heavy (non-hydrogen) atoms. The number of aromatic nitrogens is 1. The second-order valence-electron chi connectivity index (χ2n) is 11.1. The van der Waals surface area contributed by atoms with Crippen molar-refractivity contribution in [3.05, 3.63) is 64.5 Å². The molecule has 0 saturated heterocycles. The fourth-order valence-electron chi connectivity index (χ4n) is 3.97. The number of aryl methyl sites for hydroxylation is 1. The van der Waals surface area contributed by atoms with Gasteiger partial charge in [0.1, 0.15) is 17.8 Å². The molecule has 1 aromatic heterocycles. The Hall–Kier alpha value is -2.54. The molecule has 2 aromatic carbocycles. The molecule has 0 saturated carbocycles. The van der Waals surface area contributed by atoms with Crippen molar-refractivity contribution in [2.24, 2.45) is 0 Å². The van der Waals surface area contributed by atoms with Crippen LogP contribution in [-0.4, -0.2) is 28.7 Å². The van der Waals surface area contributed by atoms with Gasteiger partial charge in [-0.2, -0.15) is 0 Å². The van der Waals surface area contributed by atoms with Crippen LogP contribution in [0.1, 0.15) is 76.4 Å². The lowest BCUT2D eigenvalue weighted by molar-refractivity contribution is 0.316. The first kappa shape index (κ1) is 31.5. The molecule has 0 unspecified atom stereocenters. The van der Waals surface area contributed by atoms with Crippen LogP contribution in [0.15, 0.2) is 41.0 Å². The third-order valence-corrected chi connectivity index (χ3v) is 5.92. The summed E-state index contributed by atoms with van der Waals surface area (Å²) in [5.74, 6) is 1.82. The minimum atomic E-state index is -0.207. The van der Waals surface area contributed by atoms with Crippen molar-refractivity contribution in [3.8, 4) is 23.0 Å². The van der Waals surface area contributed by atoms with Crippen molar-refractivity contribution >= 4 is 12.4 Å². The molecule has 7 heteroatoms. The normalized spacial score (nSPS) is 11.6. The van der Waals surface area contributed by atoms with E-state index in [1.165, 1.54) is 5.56 Å². The number of phenolic OH excluding ortho intramolecular Hbond substituents is 1. The minimum Gasteiger partial charge on any atom is -0.507 e. The van der Waals surface area contributed by atoms with Crippen LogP contribution in [0.4, 0.5) is 0 Å². The van der Waals surface area contributed by atoms with Crippen molar-refractivity contribution in [2.45, 2.75) is 79.2 Å². The summed E-state index contributed by atoms with van der Waals surface area (Å²) in [7, 11) is 0. The molecule has 6 nitrogen and oxygen atoms in total. The number of aromatic hydroxyl groups is 1. The SMILES string of the molecule is CCNCc1cc(C)ccc1OCCc1coc(-c2cc(C(C)(C)C)c(O)c(C(C)(C)C)c2)n1.Cl.O. The second kappa shape index (κ2) is 12.6. The number of oxazole rings is 1. The average molecular weight is 519 g/mol. The summed E-state index contributed by atoms with van der Waals surface area (Å²) in [5.41, 5.74) is 5.49. The third-order valence-electron chi connectivity index (χ3n) is 5.92. The quantitative estimate of drug-likeness (QED) is 0.365. The summed E-state index contributed by atoms with van der Waals surface area (Å²) in [6, 6.07) is 10.3. The monoisotopic (exact) mass is 518 g/mol. The molecule has 3 aromatic rings. The predicted octanol–water partition coefficient (Wildman–Crippen LogP) is 6.28. The topological polar surface area (TPSA) is 99.0 Å². The van der Waals surface area contributed by atoms with Crippen LogP contribution >= 0.6 is 12.4 Å². The third kappa shape index (κ3) is 7.73. The zero-order chi connectivity index (χ0) is 25.1. The Morgan fingerprint density at radius 2 is 1.61 bits per heavy atom. The van der Waals surface area contributed by atoms with E-state index in [0.717, 1.165) is 46.8 Å². The standard InChI is InChI=1S/C29H40N2O3.ClH.H2O/c1-9-30-17-21-14-19(2)10-11-25(21)33-13-12-22-18-34-27(31-22)20-15-23(28(3,4)5)26(32)24(16-20)29(6,7)8;;/h10-11,14-16,18,30,32H,9,12-13,17H2,1-8H3;1H;1H2. The molecule has 0 amide bonds. The van der Waals surface area contributed by atoms with Crippen molar-refractivity contribution in [3.63, 3.8) is 0 Å². The highest BCUT2D eigenvalue weighted by molar-refractivity contribution is 5.85. The molecule has 0 fully saturated rings. The van der Waals surface area contributed by atoms with E-state index in [9.17, 15) is 5.11 Å². The van der Waals surface area contributed by atoms with Gasteiger partial charge in [0.25, 0.3) is 0 Å². The van der Waals surface area contributed by atoms with Crippen molar-refractivity contribution in [1.29, 1.82) is 0 Å². The summed E-state index contributed by atoms with van der Waals surface area (Å²) in [6.07, 6.45) is 2.35. The number of ether oxygens (including phenoxy) is 1. The van der Waals surface area contributed by atoms with Crippen LogP contribution in [0.2, 0.25) is 0 Å². The van der Waals surface area contributed by atoms with Crippen LogP contribution in [0, 0.1) is 6.92 Å². The summed E-state index contributed by atoms with van der Waals surface area (Å²) in [4.78, 5) is 4.73. The van der Waals surface area contributed by atoms with Gasteiger partial charge in [-0.15, -0.1) is 12.4 Å². The van der Waals surface area contributed by atoms with Gasteiger partial charge < -0.3 is 25.1 Å². The maximum atomic E-state index is 11.0. The summed E-state index contributed by atoms with van der Waals surface area (Å²) < 4.78 is 12.0. The lowest BCUT2D eigenvalue weighted by atomic mass is 9.78. The smallest absolute Gasteiger partial charge is 0.226 e. The van der Waals surface area contributed by atoms with Gasteiger partial charge in [0.05, 0.1) is 12.3 Å². The summed E-state index contributed by atoms with van der Waals surface area (Å²) >= 11 is 0. The van der Waals surface area contributed by atoms with Gasteiger partial charge in [0, 0.05) is 35.2 Å². The molecule has 3 rings (SSSR count). The van der Waals surface area contributed by atoms with E-state index in [2.05, 4.69) is 72.8 Å². The zero-order valence-electron chi connectivity index (χ0n) is 22.9. The van der Waals surface area contributed by atoms with E-state index in [1.807, 2.05) is 18.2 Å². The highest BCUT2D eigenvalue weighted by Crippen LogP contribution is 2.41. The first-order valence-corrected chi connectivity index (χ1v) is 12.2. The Morgan fingerprint density at radius 3 is 2.17 bits per heavy atom. The maximum absolute atomic E-state index is 11.0. The highest BCUT2D eigenvalue weighted by Gasteiger charge is 2.27. The molecular formula is C29H43ClN2O4. The van der Waals surface area contributed by atoms with Crippen LogP contribution in [-0.2, 0) is 23.8 Å². The first-order valence-electron chi connectivity index (χ1n) is 12.2. The number of hydrogen-bond donors (Lipinski definition) is 2. The zero-order valence-corrected chi connectivity index (χ0v) is 23.7. The molecule has 0 bridgehead atoms. The average Bonchev–Trinajstić information content (AvgIpc) is 3.21. The Balaban J connectivity index is 0.00000324. The van der Waals surface area contributed by atoms with Crippen LogP contribution in [0.5, 0.6) is 11.5 Å². The fourth-order valence-corrected chi connectivity index (χ4v) is 3.97. The maximum Gasteiger partial charge on any atom is 0.226 e. The molecule has 200 valence electrons. The molecule has 0 aliphatic heterocycles. The second-order valence-corrected chi connectivity index (χ2v) is 11.1. The first-order chi connectivity index (χ1) is 15.9. The molecule has 1 heterocycles. The summed E-state index contributed by atoms with van der Waals surface area (Å²) in [6.45, 7) is 19.0. The highest BCUT2D eigenvalue weighted by atomic mass is 35.5. The van der Waals surface area contributed by atoms with E-state index in [4.69, 9.17) is 14.1 Å². The van der Waals surface area contributed by atoms with Crippen molar-refractivity contribution in [2.75, 3.05) is 13.2 Å². The molecule has 0 aliphatic carbocycles. The van der Waals surface area contributed by atoms with Gasteiger partial charge in [0.15, 0.2) is 0 Å². The van der Waals surface area contributed by atoms with Crippen LogP contribution in [0.25, 0.3) is 11.5 Å². The van der Waals surface area contributed by atoms with Crippen LogP contribution < -0.4 is 10.1 Å². The number of phenols is 1. The van der Waals surface area contributed by atoms with E-state index >= 15 is 0 Å². The number of hydrogen-bond acceptors (Lipinski definition) is 5. The number of benzene rings is 2. The molecule has 0 aliphatic rings. The van der Waals surface area contributed by atoms with Crippen molar-refractivity contribution < 1.29 is 19.7 Å². The number of nitrogens with zero attached hydrogens (tertiary/aromatic N) is 1. The number of nitrogens with one attached hydrogen (secondary N) is 1. The lowest BCUT2D eigenvalue weighted by Gasteiger charge is -2.27. The van der Waals surface area contributed by atoms with Gasteiger partial charge in [0.2, 0.25) is 5.89 Å². The van der Waals surface area contributed by atoms with Gasteiger partial charge in [-0.25, -0.2) is 4.98 Å². The molecule has 0 radical (unpaired) electrons. The number of rotatable bonds is 8. The van der Waals surface area contributed by atoms with Crippen molar-refractivity contribution in [1.82, 2.24) is 10.3 Å².